The molecular formula is C14H17FO3. The van der Waals surface area contributed by atoms with Gasteiger partial charge in [-0.15, -0.1) is 0 Å². The predicted molar refractivity (Wildman–Crippen MR) is 66.4 cm³/mol. The molecule has 0 aliphatic rings. The van der Waals surface area contributed by atoms with Gasteiger partial charge >= 0.3 is 0 Å². The van der Waals surface area contributed by atoms with Crippen LogP contribution in [0.2, 0.25) is 0 Å². The van der Waals surface area contributed by atoms with E-state index in [-0.39, 0.29) is 41.8 Å². The summed E-state index contributed by atoms with van der Waals surface area (Å²) in [7, 11) is 0. The average Bonchev–Trinajstić information content (AvgIpc) is 2.28. The first-order chi connectivity index (χ1) is 8.40. The molecule has 1 aromatic carbocycles. The molecule has 3 nitrogen and oxygen atoms in total. The average molecular weight is 252 g/mol. The first kappa shape index (κ1) is 14.4. The van der Waals surface area contributed by atoms with E-state index in [1.54, 1.807) is 13.8 Å². The van der Waals surface area contributed by atoms with Gasteiger partial charge in [0.1, 0.15) is 5.78 Å². The number of Topliss-reactive ketones (excluding diaryl/α,β-unsaturated/α-hetero) is 2. The molecule has 1 aromatic rings. The molecule has 0 bridgehead atoms. The summed E-state index contributed by atoms with van der Waals surface area (Å²) in [6.07, 6.45) is 0.169. The molecule has 4 heteroatoms. The Kier molecular flexibility index (Phi) is 5.01. The second kappa shape index (κ2) is 6.28. The topological polar surface area (TPSA) is 43.4 Å². The monoisotopic (exact) mass is 252 g/mol. The molecule has 0 radical (unpaired) electrons. The zero-order valence-corrected chi connectivity index (χ0v) is 10.8. The van der Waals surface area contributed by atoms with E-state index in [2.05, 4.69) is 0 Å². The van der Waals surface area contributed by atoms with Gasteiger partial charge in [0, 0.05) is 18.4 Å². The number of hydrogen-bond donors (Lipinski definition) is 0. The lowest BCUT2D eigenvalue weighted by Gasteiger charge is -2.11. The molecule has 0 heterocycles. The second-order valence-electron chi connectivity index (χ2n) is 4.44. The normalized spacial score (nSPS) is 10.5. The maximum absolute atomic E-state index is 13.6. The highest BCUT2D eigenvalue weighted by Crippen LogP contribution is 2.20. The summed E-state index contributed by atoms with van der Waals surface area (Å²) in [5.74, 6) is -0.714. The Balaban J connectivity index is 2.77. The van der Waals surface area contributed by atoms with Crippen molar-refractivity contribution >= 4 is 11.6 Å². The molecule has 0 aromatic heterocycles. The smallest absolute Gasteiger partial charge is 0.165 e. The molecule has 0 spiro atoms. The standard InChI is InChI=1S/C14H17FO3/c1-9(2)18-14-7-5-11(8-12(14)15)13(17)6-4-10(3)16/h5,7-9H,4,6H2,1-3H3. The molecule has 0 N–H and O–H groups in total. The van der Waals surface area contributed by atoms with Gasteiger partial charge in [0.05, 0.1) is 6.10 Å². The van der Waals surface area contributed by atoms with Crippen molar-refractivity contribution in [2.24, 2.45) is 0 Å². The molecule has 0 fully saturated rings. The Hall–Kier alpha value is -1.71. The van der Waals surface area contributed by atoms with E-state index in [1.165, 1.54) is 19.1 Å². The number of carbonyl (C=O) groups is 2. The second-order valence-corrected chi connectivity index (χ2v) is 4.44. The van der Waals surface area contributed by atoms with Crippen LogP contribution in [0.25, 0.3) is 0 Å². The van der Waals surface area contributed by atoms with Crippen LogP contribution < -0.4 is 4.74 Å². The van der Waals surface area contributed by atoms with E-state index >= 15 is 0 Å². The fourth-order valence-electron chi connectivity index (χ4n) is 1.46. The molecule has 0 saturated heterocycles. The lowest BCUT2D eigenvalue weighted by molar-refractivity contribution is -0.116. The summed E-state index contributed by atoms with van der Waals surface area (Å²) in [5, 5.41) is 0. The first-order valence-corrected chi connectivity index (χ1v) is 5.89. The molecule has 18 heavy (non-hydrogen) atoms. The van der Waals surface area contributed by atoms with Gasteiger partial charge in [-0.1, -0.05) is 0 Å². The highest BCUT2D eigenvalue weighted by atomic mass is 19.1. The van der Waals surface area contributed by atoms with E-state index in [0.717, 1.165) is 6.07 Å². The van der Waals surface area contributed by atoms with Crippen LogP contribution in [0.5, 0.6) is 5.75 Å². The van der Waals surface area contributed by atoms with Gasteiger partial charge in [-0.25, -0.2) is 4.39 Å². The minimum absolute atomic E-state index is 0.0522. The van der Waals surface area contributed by atoms with Crippen LogP contribution in [0.1, 0.15) is 44.0 Å². The van der Waals surface area contributed by atoms with Gasteiger partial charge in [0.25, 0.3) is 0 Å². The number of rotatable bonds is 6. The van der Waals surface area contributed by atoms with Crippen LogP contribution in [0.3, 0.4) is 0 Å². The Morgan fingerprint density at radius 1 is 1.28 bits per heavy atom. The summed E-state index contributed by atoms with van der Waals surface area (Å²) >= 11 is 0. The largest absolute Gasteiger partial charge is 0.488 e. The van der Waals surface area contributed by atoms with Crippen LogP contribution in [0.4, 0.5) is 4.39 Å². The number of carbonyl (C=O) groups excluding carboxylic acids is 2. The summed E-state index contributed by atoms with van der Waals surface area (Å²) < 4.78 is 18.9. The number of ether oxygens (including phenoxy) is 1. The quantitative estimate of drug-likeness (QED) is 0.730. The molecule has 1 rings (SSSR count). The number of benzene rings is 1. The van der Waals surface area contributed by atoms with Gasteiger partial charge in [0.15, 0.2) is 17.3 Å². The maximum atomic E-state index is 13.6. The summed E-state index contributed by atoms with van der Waals surface area (Å²) in [6.45, 7) is 5.02. The Labute approximate surface area is 106 Å². The Bertz CT molecular complexity index is 452. The number of halogens is 1. The van der Waals surface area contributed by atoms with Crippen molar-refractivity contribution in [2.75, 3.05) is 0 Å². The van der Waals surface area contributed by atoms with Crippen LogP contribution in [-0.4, -0.2) is 17.7 Å². The third kappa shape index (κ3) is 4.28. The SMILES string of the molecule is CC(=O)CCC(=O)c1ccc(OC(C)C)c(F)c1. The van der Waals surface area contributed by atoms with Gasteiger partial charge in [-0.2, -0.15) is 0 Å². The highest BCUT2D eigenvalue weighted by molar-refractivity contribution is 5.98. The molecule has 0 unspecified atom stereocenters. The maximum Gasteiger partial charge on any atom is 0.165 e. The van der Waals surface area contributed by atoms with Crippen molar-refractivity contribution in [1.82, 2.24) is 0 Å². The summed E-state index contributed by atoms with van der Waals surface area (Å²) in [4.78, 5) is 22.5. The van der Waals surface area contributed by atoms with Crippen LogP contribution in [-0.2, 0) is 4.79 Å². The van der Waals surface area contributed by atoms with E-state index in [1.807, 2.05) is 0 Å². The van der Waals surface area contributed by atoms with E-state index in [4.69, 9.17) is 4.74 Å². The molecule has 98 valence electrons. The molecule has 0 saturated carbocycles. The van der Waals surface area contributed by atoms with Gasteiger partial charge in [0.2, 0.25) is 0 Å². The fraction of sp³-hybridized carbons (Fsp3) is 0.429. The summed E-state index contributed by atoms with van der Waals surface area (Å²) in [6, 6.07) is 4.11. The molecular weight excluding hydrogens is 235 g/mol. The fourth-order valence-corrected chi connectivity index (χ4v) is 1.46. The Morgan fingerprint density at radius 2 is 1.94 bits per heavy atom. The van der Waals surface area contributed by atoms with Crippen LogP contribution in [0.15, 0.2) is 18.2 Å². The lowest BCUT2D eigenvalue weighted by atomic mass is 10.1. The number of ketones is 2. The van der Waals surface area contributed by atoms with Crippen molar-refractivity contribution in [3.05, 3.63) is 29.6 Å². The predicted octanol–water partition coefficient (Wildman–Crippen LogP) is 3.16. The van der Waals surface area contributed by atoms with Crippen molar-refractivity contribution in [3.63, 3.8) is 0 Å². The van der Waals surface area contributed by atoms with Gasteiger partial charge in [-0.05, 0) is 39.0 Å². The first-order valence-electron chi connectivity index (χ1n) is 5.89. The van der Waals surface area contributed by atoms with E-state index in [0.29, 0.717) is 0 Å². The molecule has 0 aliphatic heterocycles. The van der Waals surface area contributed by atoms with Crippen molar-refractivity contribution in [3.8, 4) is 5.75 Å². The van der Waals surface area contributed by atoms with Gasteiger partial charge in [-0.3, -0.25) is 4.79 Å². The molecule has 0 aliphatic carbocycles. The van der Waals surface area contributed by atoms with E-state index < -0.39 is 5.82 Å². The van der Waals surface area contributed by atoms with Crippen molar-refractivity contribution < 1.29 is 18.7 Å². The van der Waals surface area contributed by atoms with Gasteiger partial charge < -0.3 is 9.53 Å². The minimum Gasteiger partial charge on any atom is -0.488 e. The minimum atomic E-state index is -0.558. The molecule has 0 atom stereocenters. The zero-order valence-electron chi connectivity index (χ0n) is 10.8. The van der Waals surface area contributed by atoms with Crippen molar-refractivity contribution in [2.45, 2.75) is 39.7 Å². The lowest BCUT2D eigenvalue weighted by Crippen LogP contribution is -2.08. The molecule has 0 amide bonds. The van der Waals surface area contributed by atoms with Crippen molar-refractivity contribution in [1.29, 1.82) is 0 Å². The van der Waals surface area contributed by atoms with E-state index in [9.17, 15) is 14.0 Å². The Morgan fingerprint density at radius 3 is 2.44 bits per heavy atom. The third-order valence-electron chi connectivity index (χ3n) is 2.32. The zero-order chi connectivity index (χ0) is 13.7. The third-order valence-corrected chi connectivity index (χ3v) is 2.32. The highest BCUT2D eigenvalue weighted by Gasteiger charge is 2.12. The van der Waals surface area contributed by atoms with Crippen LogP contribution >= 0.6 is 0 Å². The number of hydrogen-bond acceptors (Lipinski definition) is 3. The van der Waals surface area contributed by atoms with Crippen LogP contribution in [0, 0.1) is 5.82 Å². The summed E-state index contributed by atoms with van der Waals surface area (Å²) in [5.41, 5.74) is 0.268.